The molecule has 98 valence electrons. The van der Waals surface area contributed by atoms with Gasteiger partial charge >= 0.3 is 97.4 Å². The molecule has 1 nitrogen and oxygen atoms in total. The summed E-state index contributed by atoms with van der Waals surface area (Å²) in [5.41, 5.74) is 0. The van der Waals surface area contributed by atoms with Crippen LogP contribution in [0.5, 0.6) is 0 Å². The monoisotopic (exact) mass is 284 g/mol. The van der Waals surface area contributed by atoms with Crippen LogP contribution >= 0.6 is 0 Å². The average molecular weight is 284 g/mol. The fourth-order valence-corrected chi connectivity index (χ4v) is 91.8. The molecule has 10 rings (SSSR count). The maximum atomic E-state index is 13.1. The number of hydrogen-bond donors (Lipinski definition) is 0. The van der Waals surface area contributed by atoms with Crippen molar-refractivity contribution in [1.82, 2.24) is 0 Å². The first-order valence-electron chi connectivity index (χ1n) is 8.27. The Morgan fingerprint density at radius 3 is 1.83 bits per heavy atom. The van der Waals surface area contributed by atoms with Gasteiger partial charge in [-0.05, 0) is 0 Å². The summed E-state index contributed by atoms with van der Waals surface area (Å²) < 4.78 is 0.562. The maximum absolute atomic E-state index is 13.1. The van der Waals surface area contributed by atoms with Gasteiger partial charge in [-0.1, -0.05) is 0 Å². The molecule has 10 aliphatic rings. The third-order valence-corrected chi connectivity index (χ3v) is 58.5. The second-order valence-electron chi connectivity index (χ2n) is 11.6. The van der Waals surface area contributed by atoms with Gasteiger partial charge in [0, 0.05) is 0 Å². The zero-order valence-electron chi connectivity index (χ0n) is 10.8. The SMILES string of the molecule is CCCCCC(=O)[C]12[CH]3[CH]4[CH]5[CH]1[Fe]45321678[CH]2[CH]1[CH]6[CH]7[CH]28. The molecular weight excluding hydrogens is 264 g/mol. The van der Waals surface area contributed by atoms with E-state index in [-0.39, 0.29) is 0 Å². The van der Waals surface area contributed by atoms with Gasteiger partial charge in [0.25, 0.3) is 0 Å². The van der Waals surface area contributed by atoms with Crippen molar-refractivity contribution in [3.05, 3.63) is 0 Å². The van der Waals surface area contributed by atoms with Gasteiger partial charge < -0.3 is 0 Å². The summed E-state index contributed by atoms with van der Waals surface area (Å²) in [5, 5.41) is 0. The number of carbonyl (C=O) groups excluding carboxylic acids is 1. The van der Waals surface area contributed by atoms with Crippen LogP contribution in [0.15, 0.2) is 0 Å². The van der Waals surface area contributed by atoms with E-state index in [0.29, 0.717) is 4.31 Å². The van der Waals surface area contributed by atoms with E-state index in [1.54, 1.807) is 0 Å². The van der Waals surface area contributed by atoms with E-state index in [2.05, 4.69) is 6.92 Å². The first-order valence-corrected chi connectivity index (χ1v) is 14.6. The van der Waals surface area contributed by atoms with E-state index in [0.717, 1.165) is 12.2 Å². The Morgan fingerprint density at radius 1 is 0.944 bits per heavy atom. The predicted octanol–water partition coefficient (Wildman–Crippen LogP) is 4.90. The summed E-state index contributed by atoms with van der Waals surface area (Å²) in [5.74, 6) is 0.877. The Morgan fingerprint density at radius 2 is 1.50 bits per heavy atom. The Hall–Kier alpha value is 0.189. The fraction of sp³-hybridized carbons (Fsp3) is 0.938. The Labute approximate surface area is 97.4 Å². The van der Waals surface area contributed by atoms with Crippen LogP contribution in [0.3, 0.4) is 0 Å². The topological polar surface area (TPSA) is 17.1 Å². The van der Waals surface area contributed by atoms with Gasteiger partial charge in [-0.25, -0.2) is 0 Å². The predicted molar refractivity (Wildman–Crippen MR) is 65.6 cm³/mol. The number of Topliss-reactive ketones (excluding diaryl/α,β-unsaturated/α-hetero) is 1. The molecule has 0 aromatic rings. The molecule has 0 bridgehead atoms. The zero-order valence-corrected chi connectivity index (χ0v) is 11.9. The number of ketones is 1. The van der Waals surface area contributed by atoms with Gasteiger partial charge in [0.2, 0.25) is 0 Å². The average Bonchev–Trinajstić information content (AvgIpc) is 3.31. The fourth-order valence-electron chi connectivity index (χ4n) is 17.7. The van der Waals surface area contributed by atoms with Crippen molar-refractivity contribution in [1.29, 1.82) is 0 Å². The number of unbranched alkanes of at least 4 members (excludes halogenated alkanes) is 2. The van der Waals surface area contributed by atoms with Gasteiger partial charge in [-0.3, -0.25) is 0 Å². The van der Waals surface area contributed by atoms with E-state index >= 15 is 0 Å². The first-order chi connectivity index (χ1) is 8.53. The molecule has 0 N–H and O–H groups in total. The molecule has 0 aromatic carbocycles. The normalized spacial score (nSPS) is 113. The summed E-state index contributed by atoms with van der Waals surface area (Å²) in [6.45, 7) is -0.781. The molecule has 2 heteroatoms. The molecule has 10 saturated heterocycles. The second-order valence-corrected chi connectivity index (χ2v) is 35.1. The number of rotatable bonds is 5. The van der Waals surface area contributed by atoms with Crippen molar-refractivity contribution in [2.45, 2.75) is 80.3 Å². The Kier molecular flexibility index (Phi) is 0.251. The van der Waals surface area contributed by atoms with Gasteiger partial charge in [-0.2, -0.15) is 0 Å². The number of carbonyl (C=O) groups is 1. The van der Waals surface area contributed by atoms with Crippen LogP contribution in [-0.2, 0) is 11.3 Å². The van der Waals surface area contributed by atoms with E-state index in [1.165, 1.54) is 62.6 Å². The van der Waals surface area contributed by atoms with Gasteiger partial charge in [0.05, 0.1) is 0 Å². The van der Waals surface area contributed by atoms with Crippen LogP contribution in [0.2, 0.25) is 47.7 Å². The van der Waals surface area contributed by atoms with Crippen molar-refractivity contribution in [2.75, 3.05) is 0 Å². The first kappa shape index (κ1) is 7.27. The molecular formula is C16H20FeO. The van der Waals surface area contributed by atoms with E-state index in [4.69, 9.17) is 0 Å². The third kappa shape index (κ3) is 0.0743. The minimum atomic E-state index is -3.04. The summed E-state index contributed by atoms with van der Waals surface area (Å²) in [6.07, 6.45) is 4.78. The van der Waals surface area contributed by atoms with Crippen LogP contribution in [0, 0.1) is 0 Å². The van der Waals surface area contributed by atoms with Crippen molar-refractivity contribution in [2.24, 2.45) is 0 Å². The van der Waals surface area contributed by atoms with Crippen LogP contribution in [0.1, 0.15) is 32.6 Å². The number of fused-ring (bicyclic) bond motifs is 10. The van der Waals surface area contributed by atoms with Crippen LogP contribution < -0.4 is 0 Å². The van der Waals surface area contributed by atoms with Crippen molar-refractivity contribution in [3.8, 4) is 0 Å². The molecule has 10 fully saturated rings. The second kappa shape index (κ2) is 0.621. The molecule has 1 spiro atoms. The molecule has 10 aliphatic heterocycles. The van der Waals surface area contributed by atoms with Gasteiger partial charge in [0.1, 0.15) is 0 Å². The Bertz CT molecular complexity index is 908. The molecule has 4 atom stereocenters. The molecule has 0 saturated carbocycles. The van der Waals surface area contributed by atoms with Crippen molar-refractivity contribution in [3.63, 3.8) is 0 Å². The van der Waals surface area contributed by atoms with Crippen LogP contribution in [-0.4, -0.2) is 5.78 Å². The standard InChI is InChI=1S/C11H15O.C5H5.Fe/c1-2-3-4-9-11(12)10-7-5-6-8-10;1-2-4-5-3-1;/h5-8H,2-4,9H2,1H3;1-5H;. The number of hydrogen-bond acceptors (Lipinski definition) is 1. The van der Waals surface area contributed by atoms with Gasteiger partial charge in [0.15, 0.2) is 0 Å². The molecule has 0 amide bonds. The summed E-state index contributed by atoms with van der Waals surface area (Å²) in [6, 6.07) is 0. The van der Waals surface area contributed by atoms with Crippen molar-refractivity contribution < 1.29 is 11.3 Å². The summed E-state index contributed by atoms with van der Waals surface area (Å²) >= 11 is 0. The van der Waals surface area contributed by atoms with E-state index in [9.17, 15) is 4.79 Å². The Balaban J connectivity index is 1.34. The van der Waals surface area contributed by atoms with Crippen LogP contribution in [0.25, 0.3) is 0 Å². The molecule has 10 heterocycles. The molecule has 0 radical (unpaired) electrons. The van der Waals surface area contributed by atoms with E-state index < -0.39 is 6.51 Å². The zero-order chi connectivity index (χ0) is 11.4. The van der Waals surface area contributed by atoms with E-state index in [1.807, 2.05) is 0 Å². The summed E-state index contributed by atoms with van der Waals surface area (Å²) in [7, 11) is 0. The summed E-state index contributed by atoms with van der Waals surface area (Å²) in [4.78, 5) is 24.8. The van der Waals surface area contributed by atoms with Crippen molar-refractivity contribution >= 4 is 5.78 Å². The quantitative estimate of drug-likeness (QED) is 0.518. The molecule has 0 aromatic heterocycles. The third-order valence-electron chi connectivity index (χ3n) is 16.1. The molecule has 18 heavy (non-hydrogen) atoms. The molecule has 4 unspecified atom stereocenters. The van der Waals surface area contributed by atoms with Crippen LogP contribution in [0.4, 0.5) is 0 Å². The molecule has 0 aliphatic carbocycles. The van der Waals surface area contributed by atoms with Gasteiger partial charge in [-0.15, -0.1) is 0 Å². The minimum absolute atomic E-state index is 0.562.